The Morgan fingerprint density at radius 3 is 2.86 bits per heavy atom. The van der Waals surface area contributed by atoms with Gasteiger partial charge in [-0.1, -0.05) is 32.9 Å². The normalized spacial score (nSPS) is 25.2. The monoisotopic (exact) mass is 394 g/mol. The van der Waals surface area contributed by atoms with Gasteiger partial charge in [0.2, 0.25) is 0 Å². The summed E-state index contributed by atoms with van der Waals surface area (Å²) in [6.07, 6.45) is 13.8. The first-order chi connectivity index (χ1) is 13.6. The molecule has 1 N–H and O–H groups in total. The molecule has 1 amide bonds. The van der Waals surface area contributed by atoms with Gasteiger partial charge >= 0.3 is 0 Å². The van der Waals surface area contributed by atoms with Gasteiger partial charge in [0.25, 0.3) is 5.91 Å². The third kappa shape index (κ3) is 3.72. The molecule has 0 radical (unpaired) electrons. The highest BCUT2D eigenvalue weighted by Gasteiger charge is 2.29. The molecule has 5 heteroatoms. The average molecular weight is 394 g/mol. The lowest BCUT2D eigenvalue weighted by atomic mass is 9.90. The van der Waals surface area contributed by atoms with Gasteiger partial charge < -0.3 is 15.0 Å². The number of allylic oxidation sites excluding steroid dienone is 3. The number of amides is 1. The van der Waals surface area contributed by atoms with E-state index in [4.69, 9.17) is 4.74 Å². The van der Waals surface area contributed by atoms with Crippen LogP contribution < -0.4 is 10.1 Å². The molecule has 0 fully saturated rings. The Hall–Kier alpha value is -2.16. The number of hydrogen-bond donors (Lipinski definition) is 1. The molecule has 4 rings (SSSR count). The highest BCUT2D eigenvalue weighted by Crippen LogP contribution is 2.45. The lowest BCUT2D eigenvalue weighted by Crippen LogP contribution is -2.35. The Morgan fingerprint density at radius 2 is 2.18 bits per heavy atom. The van der Waals surface area contributed by atoms with E-state index in [1.54, 1.807) is 13.2 Å². The van der Waals surface area contributed by atoms with Crippen molar-refractivity contribution in [3.8, 4) is 5.75 Å². The summed E-state index contributed by atoms with van der Waals surface area (Å²) in [5.41, 5.74) is 4.74. The quantitative estimate of drug-likeness (QED) is 0.773. The van der Waals surface area contributed by atoms with Gasteiger partial charge in [-0.25, -0.2) is 0 Å². The number of nitrogens with zero attached hydrogens (tertiary/aromatic N) is 1. The maximum absolute atomic E-state index is 12.9. The third-order valence-electron chi connectivity index (χ3n) is 5.76. The minimum Gasteiger partial charge on any atom is -0.496 e. The van der Waals surface area contributed by atoms with Crippen LogP contribution in [0.5, 0.6) is 5.75 Å². The summed E-state index contributed by atoms with van der Waals surface area (Å²) in [6.45, 7) is 2.04. The lowest BCUT2D eigenvalue weighted by molar-refractivity contribution is -0.123. The summed E-state index contributed by atoms with van der Waals surface area (Å²) >= 11 is 0. The van der Waals surface area contributed by atoms with Crippen LogP contribution in [-0.2, 0) is 4.79 Å². The van der Waals surface area contributed by atoms with Crippen molar-refractivity contribution in [2.45, 2.75) is 38.0 Å². The lowest BCUT2D eigenvalue weighted by Gasteiger charge is -2.35. The van der Waals surface area contributed by atoms with E-state index in [1.807, 2.05) is 31.0 Å². The Balaban J connectivity index is 1.55. The van der Waals surface area contributed by atoms with E-state index in [9.17, 15) is 4.79 Å². The van der Waals surface area contributed by atoms with Gasteiger partial charge in [0.1, 0.15) is 5.75 Å². The molecular weight excluding hydrogens is 367 g/mol. The zero-order chi connectivity index (χ0) is 19.7. The molecule has 4 nitrogen and oxygen atoms in total. The van der Waals surface area contributed by atoms with Gasteiger partial charge in [0.15, 0.2) is 0 Å². The SMILES string of the molecule is CNC1CC=C(C2=CN3C(=O)C=C(c4ccc(OC)c(C)c4)PC3C=C2)CC1. The first kappa shape index (κ1) is 19.2. The fourth-order valence-corrected chi connectivity index (χ4v) is 5.42. The van der Waals surface area contributed by atoms with Crippen LogP contribution in [0.15, 0.2) is 59.8 Å². The van der Waals surface area contributed by atoms with Crippen LogP contribution >= 0.6 is 8.58 Å². The second-order valence-electron chi connectivity index (χ2n) is 7.51. The largest absolute Gasteiger partial charge is 0.496 e. The van der Waals surface area contributed by atoms with Gasteiger partial charge in [0.05, 0.1) is 12.9 Å². The third-order valence-corrected chi connectivity index (χ3v) is 7.27. The van der Waals surface area contributed by atoms with Crippen molar-refractivity contribution in [1.82, 2.24) is 10.2 Å². The molecule has 28 heavy (non-hydrogen) atoms. The summed E-state index contributed by atoms with van der Waals surface area (Å²) in [5, 5.41) is 4.47. The standard InChI is InChI=1S/C23H27N2O2P/c1-15-12-17(6-10-20(15)27-3)21-13-22(26)25-14-18(7-11-23(25)28-21)16-4-8-19(24-2)9-5-16/h4,6-7,10-14,19,23-24,28H,5,8-9H2,1-3H3. The fraction of sp³-hybridized carbons (Fsp3) is 0.348. The Kier molecular flexibility index (Phi) is 5.52. The number of rotatable bonds is 4. The molecule has 3 unspecified atom stereocenters. The Labute approximate surface area is 168 Å². The minimum absolute atomic E-state index is 0.0681. The van der Waals surface area contributed by atoms with Crippen molar-refractivity contribution < 1.29 is 9.53 Å². The van der Waals surface area contributed by atoms with Crippen molar-refractivity contribution in [2.24, 2.45) is 0 Å². The van der Waals surface area contributed by atoms with Crippen LogP contribution in [0, 0.1) is 6.92 Å². The zero-order valence-corrected chi connectivity index (χ0v) is 17.7. The molecule has 146 valence electrons. The molecule has 1 aliphatic carbocycles. The molecule has 3 aliphatic rings. The number of ether oxygens (including phenoxy) is 1. The van der Waals surface area contributed by atoms with Crippen LogP contribution in [-0.4, -0.2) is 36.8 Å². The van der Waals surface area contributed by atoms with Crippen LogP contribution in [0.4, 0.5) is 0 Å². The molecule has 0 spiro atoms. The van der Waals surface area contributed by atoms with E-state index in [1.165, 1.54) is 11.1 Å². The van der Waals surface area contributed by atoms with E-state index < -0.39 is 0 Å². The first-order valence-corrected chi connectivity index (χ1v) is 10.9. The predicted octanol–water partition coefficient (Wildman–Crippen LogP) is 4.34. The van der Waals surface area contributed by atoms with Crippen molar-refractivity contribution >= 4 is 19.8 Å². The highest BCUT2D eigenvalue weighted by atomic mass is 31.1. The van der Waals surface area contributed by atoms with Crippen LogP contribution in [0.2, 0.25) is 0 Å². The number of carbonyl (C=O) groups is 1. The van der Waals surface area contributed by atoms with Crippen molar-refractivity contribution in [1.29, 1.82) is 0 Å². The number of hydrogen-bond acceptors (Lipinski definition) is 3. The summed E-state index contributed by atoms with van der Waals surface area (Å²) in [5.74, 6) is 1.06. The van der Waals surface area contributed by atoms with E-state index in [0.29, 0.717) is 14.6 Å². The summed E-state index contributed by atoms with van der Waals surface area (Å²) < 4.78 is 5.36. The maximum atomic E-state index is 12.9. The molecule has 2 heterocycles. The van der Waals surface area contributed by atoms with Crippen molar-refractivity contribution in [2.75, 3.05) is 14.2 Å². The smallest absolute Gasteiger partial charge is 0.252 e. The molecule has 0 saturated heterocycles. The van der Waals surface area contributed by atoms with E-state index in [2.05, 4.69) is 35.8 Å². The maximum Gasteiger partial charge on any atom is 0.252 e. The van der Waals surface area contributed by atoms with Gasteiger partial charge in [-0.15, -0.1) is 0 Å². The Bertz CT molecular complexity index is 913. The summed E-state index contributed by atoms with van der Waals surface area (Å²) in [4.78, 5) is 14.8. The Morgan fingerprint density at radius 1 is 1.32 bits per heavy atom. The second-order valence-corrected chi connectivity index (χ2v) is 8.93. The number of methoxy groups -OCH3 is 1. The molecule has 1 aromatic rings. The zero-order valence-electron chi connectivity index (χ0n) is 16.7. The number of aryl methyl sites for hydroxylation is 1. The first-order valence-electron chi connectivity index (χ1n) is 9.81. The second kappa shape index (κ2) is 8.06. The number of benzene rings is 1. The molecule has 0 bridgehead atoms. The number of nitrogens with one attached hydrogen (secondary N) is 1. The van der Waals surface area contributed by atoms with Crippen LogP contribution in [0.25, 0.3) is 5.31 Å². The van der Waals surface area contributed by atoms with E-state index >= 15 is 0 Å². The van der Waals surface area contributed by atoms with Gasteiger partial charge in [-0.3, -0.25) is 4.79 Å². The topological polar surface area (TPSA) is 41.6 Å². The van der Waals surface area contributed by atoms with Crippen LogP contribution in [0.3, 0.4) is 0 Å². The molecule has 1 aromatic carbocycles. The van der Waals surface area contributed by atoms with Gasteiger partial charge in [0, 0.05) is 18.3 Å². The number of fused-ring (bicyclic) bond motifs is 1. The molecule has 3 atom stereocenters. The van der Waals surface area contributed by atoms with E-state index in [-0.39, 0.29) is 11.7 Å². The molecule has 0 saturated carbocycles. The van der Waals surface area contributed by atoms with Gasteiger partial charge in [-0.05, 0) is 73.0 Å². The average Bonchev–Trinajstić information content (AvgIpc) is 2.73. The summed E-state index contributed by atoms with van der Waals surface area (Å²) in [6, 6.07) is 6.71. The van der Waals surface area contributed by atoms with Gasteiger partial charge in [-0.2, -0.15) is 0 Å². The van der Waals surface area contributed by atoms with Crippen molar-refractivity contribution in [3.05, 3.63) is 71.0 Å². The predicted molar refractivity (Wildman–Crippen MR) is 117 cm³/mol. The molecule has 0 aromatic heterocycles. The number of carbonyl (C=O) groups excluding carboxylic acids is 1. The van der Waals surface area contributed by atoms with E-state index in [0.717, 1.165) is 41.5 Å². The highest BCUT2D eigenvalue weighted by molar-refractivity contribution is 7.51. The van der Waals surface area contributed by atoms with Crippen LogP contribution in [0.1, 0.15) is 30.4 Å². The molecule has 2 aliphatic heterocycles. The van der Waals surface area contributed by atoms with Crippen molar-refractivity contribution in [3.63, 3.8) is 0 Å². The minimum atomic E-state index is 0.0681. The molecular formula is C23H27N2O2P. The summed E-state index contributed by atoms with van der Waals surface area (Å²) in [7, 11) is 4.25. The fourth-order valence-electron chi connectivity index (χ4n) is 4.04.